The molecule has 218 valence electrons. The van der Waals surface area contributed by atoms with Crippen molar-refractivity contribution in [2.24, 2.45) is 0 Å². The lowest BCUT2D eigenvalue weighted by Crippen LogP contribution is -2.31. The van der Waals surface area contributed by atoms with Crippen LogP contribution >= 0.6 is 23.2 Å². The Kier molecular flexibility index (Phi) is 7.23. The van der Waals surface area contributed by atoms with Crippen molar-refractivity contribution in [3.8, 4) is 11.5 Å². The summed E-state index contributed by atoms with van der Waals surface area (Å²) >= 11 is 13.4. The molecule has 1 aromatic heterocycles. The molecule has 0 atom stereocenters. The van der Waals surface area contributed by atoms with E-state index >= 15 is 0 Å². The van der Waals surface area contributed by atoms with Crippen LogP contribution in [0.2, 0.25) is 10.0 Å². The van der Waals surface area contributed by atoms with Crippen LogP contribution in [0.4, 0.5) is 20.2 Å². The van der Waals surface area contributed by atoms with Crippen LogP contribution in [0.15, 0.2) is 57.9 Å². The van der Waals surface area contributed by atoms with Crippen LogP contribution in [0.25, 0.3) is 11.5 Å². The number of hydrogen-bond acceptors (Lipinski definition) is 7. The maximum atomic E-state index is 13.7. The first-order valence-corrected chi connectivity index (χ1v) is 15.6. The number of nitrogens with one attached hydrogen (secondary N) is 1. The molecule has 6 rings (SSSR count). The fourth-order valence-electron chi connectivity index (χ4n) is 5.32. The van der Waals surface area contributed by atoms with Gasteiger partial charge in [0.05, 0.1) is 22.6 Å². The highest BCUT2D eigenvalue weighted by molar-refractivity contribution is 7.91. The van der Waals surface area contributed by atoms with Crippen molar-refractivity contribution in [2.45, 2.75) is 36.5 Å². The molecule has 0 unspecified atom stereocenters. The van der Waals surface area contributed by atoms with E-state index in [1.165, 1.54) is 6.07 Å². The number of fused-ring (bicyclic) bond motifs is 1. The predicted molar refractivity (Wildman–Crippen MR) is 155 cm³/mol. The first kappa shape index (κ1) is 28.6. The molecule has 1 aliphatic heterocycles. The number of halogens is 4. The largest absolute Gasteiger partial charge is 0.362 e. The van der Waals surface area contributed by atoms with Gasteiger partial charge >= 0.3 is 0 Å². The van der Waals surface area contributed by atoms with Crippen LogP contribution in [-0.4, -0.2) is 43.3 Å². The molecular weight excluding hydrogens is 609 g/mol. The summed E-state index contributed by atoms with van der Waals surface area (Å²) in [5, 5.41) is 7.54. The molecule has 4 aromatic rings. The number of anilines is 2. The average Bonchev–Trinajstić information content (AvgIpc) is 3.39. The molecule has 0 spiro atoms. The standard InChI is InChI=1S/C29H24Cl2F2N4O4S/c1-2-42(39,40)19-4-6-24-16(11-19)7-10-37(24)15-25(38)34-18-13-20(30)26(21(31)14-18)29(8-9-29)28-35-27(41-36-28)17-3-5-22(32)23(33)12-17/h3-6,11-14H,2,7-10,15H2,1H3,(H,34,38). The number of amides is 1. The predicted octanol–water partition coefficient (Wildman–Crippen LogP) is 6.20. The van der Waals surface area contributed by atoms with Gasteiger partial charge in [0.2, 0.25) is 5.91 Å². The number of carbonyl (C=O) groups is 1. The number of carbonyl (C=O) groups excluding carboxylic acids is 1. The third kappa shape index (κ3) is 5.14. The molecule has 1 amide bonds. The molecule has 8 nitrogen and oxygen atoms in total. The van der Waals surface area contributed by atoms with Gasteiger partial charge in [0.25, 0.3) is 5.89 Å². The number of hydrogen-bond donors (Lipinski definition) is 1. The maximum Gasteiger partial charge on any atom is 0.258 e. The maximum absolute atomic E-state index is 13.7. The molecule has 42 heavy (non-hydrogen) atoms. The monoisotopic (exact) mass is 632 g/mol. The van der Waals surface area contributed by atoms with Crippen LogP contribution in [0, 0.1) is 11.6 Å². The first-order valence-electron chi connectivity index (χ1n) is 13.2. The second-order valence-corrected chi connectivity index (χ2v) is 13.5. The average molecular weight is 634 g/mol. The summed E-state index contributed by atoms with van der Waals surface area (Å²) in [7, 11) is -3.31. The van der Waals surface area contributed by atoms with Gasteiger partial charge in [0.15, 0.2) is 27.3 Å². The fraction of sp³-hybridized carbons (Fsp3) is 0.276. The molecule has 1 saturated carbocycles. The van der Waals surface area contributed by atoms with Crippen LogP contribution in [0.5, 0.6) is 0 Å². The van der Waals surface area contributed by atoms with Gasteiger partial charge in [-0.3, -0.25) is 4.79 Å². The Morgan fingerprint density at radius 2 is 1.81 bits per heavy atom. The summed E-state index contributed by atoms with van der Waals surface area (Å²) in [4.78, 5) is 19.6. The van der Waals surface area contributed by atoms with E-state index < -0.39 is 26.9 Å². The summed E-state index contributed by atoms with van der Waals surface area (Å²) in [6, 6.07) is 11.5. The zero-order valence-electron chi connectivity index (χ0n) is 22.3. The zero-order valence-corrected chi connectivity index (χ0v) is 24.6. The second kappa shape index (κ2) is 10.6. The molecule has 13 heteroatoms. The van der Waals surface area contributed by atoms with Gasteiger partial charge in [-0.15, -0.1) is 0 Å². The smallest absolute Gasteiger partial charge is 0.258 e. The molecule has 1 aliphatic carbocycles. The Balaban J connectivity index is 1.17. The van der Waals surface area contributed by atoms with E-state index in [1.807, 2.05) is 4.90 Å². The normalized spacial score (nSPS) is 15.5. The van der Waals surface area contributed by atoms with Crippen molar-refractivity contribution < 1.29 is 26.5 Å². The molecule has 1 fully saturated rings. The van der Waals surface area contributed by atoms with Crippen LogP contribution in [0.3, 0.4) is 0 Å². The van der Waals surface area contributed by atoms with E-state index in [2.05, 4.69) is 15.5 Å². The van der Waals surface area contributed by atoms with Crippen LogP contribution in [0.1, 0.15) is 36.7 Å². The highest BCUT2D eigenvalue weighted by atomic mass is 35.5. The summed E-state index contributed by atoms with van der Waals surface area (Å²) < 4.78 is 56.9. The summed E-state index contributed by atoms with van der Waals surface area (Å²) in [6.07, 6.45) is 1.92. The van der Waals surface area contributed by atoms with E-state index in [1.54, 1.807) is 37.3 Å². The van der Waals surface area contributed by atoms with Crippen molar-refractivity contribution in [2.75, 3.05) is 29.1 Å². The molecule has 0 radical (unpaired) electrons. The number of nitrogens with zero attached hydrogens (tertiary/aromatic N) is 3. The van der Waals surface area contributed by atoms with Crippen molar-refractivity contribution in [3.05, 3.63) is 87.2 Å². The quantitative estimate of drug-likeness (QED) is 0.247. The molecule has 1 N–H and O–H groups in total. The Morgan fingerprint density at radius 1 is 1.07 bits per heavy atom. The zero-order chi connectivity index (χ0) is 29.8. The lowest BCUT2D eigenvalue weighted by molar-refractivity contribution is -0.115. The summed E-state index contributed by atoms with van der Waals surface area (Å²) in [6.45, 7) is 2.25. The van der Waals surface area contributed by atoms with Crippen molar-refractivity contribution in [3.63, 3.8) is 0 Å². The lowest BCUT2D eigenvalue weighted by atomic mass is 9.94. The second-order valence-electron chi connectivity index (χ2n) is 10.4. The molecule has 2 aliphatic rings. The van der Waals surface area contributed by atoms with Crippen LogP contribution in [-0.2, 0) is 26.5 Å². The van der Waals surface area contributed by atoms with E-state index in [9.17, 15) is 22.0 Å². The van der Waals surface area contributed by atoms with E-state index in [0.29, 0.717) is 52.9 Å². The molecule has 0 bridgehead atoms. The van der Waals surface area contributed by atoms with E-state index in [-0.39, 0.29) is 34.6 Å². The Hall–Kier alpha value is -3.54. The minimum absolute atomic E-state index is 0.0241. The van der Waals surface area contributed by atoms with Gasteiger partial charge in [-0.2, -0.15) is 4.98 Å². The van der Waals surface area contributed by atoms with Gasteiger partial charge in [0, 0.05) is 39.1 Å². The number of benzene rings is 3. The number of sulfone groups is 1. The van der Waals surface area contributed by atoms with E-state index in [4.69, 9.17) is 27.7 Å². The van der Waals surface area contributed by atoms with Crippen LogP contribution < -0.4 is 10.2 Å². The number of rotatable bonds is 8. The van der Waals surface area contributed by atoms with E-state index in [0.717, 1.165) is 23.4 Å². The summed E-state index contributed by atoms with van der Waals surface area (Å²) in [5.74, 6) is -1.91. The molecule has 0 saturated heterocycles. The Morgan fingerprint density at radius 3 is 2.48 bits per heavy atom. The summed E-state index contributed by atoms with van der Waals surface area (Å²) in [5.41, 5.74) is 2.25. The third-order valence-corrected chi connectivity index (χ3v) is 10.0. The minimum atomic E-state index is -3.31. The minimum Gasteiger partial charge on any atom is -0.362 e. The molecular formula is C29H24Cl2F2N4O4S. The van der Waals surface area contributed by atoms with Crippen molar-refractivity contribution in [1.82, 2.24) is 10.1 Å². The lowest BCUT2D eigenvalue weighted by Gasteiger charge is -2.20. The number of aromatic nitrogens is 2. The SMILES string of the molecule is CCS(=O)(=O)c1ccc2c(c1)CCN2CC(=O)Nc1cc(Cl)c(C2(c3noc(-c4ccc(F)c(F)c4)n3)CC2)c(Cl)c1. The van der Waals surface area contributed by atoms with Gasteiger partial charge in [-0.1, -0.05) is 35.3 Å². The molecule has 3 aromatic carbocycles. The van der Waals surface area contributed by atoms with Gasteiger partial charge in [0.1, 0.15) is 0 Å². The van der Waals surface area contributed by atoms with Crippen molar-refractivity contribution >= 4 is 50.3 Å². The Bertz CT molecular complexity index is 1820. The first-order chi connectivity index (χ1) is 20.0. The molecule has 2 heterocycles. The van der Waals surface area contributed by atoms with Gasteiger partial charge in [-0.25, -0.2) is 17.2 Å². The third-order valence-electron chi connectivity index (χ3n) is 7.69. The topological polar surface area (TPSA) is 105 Å². The Labute approximate surface area is 250 Å². The van der Waals surface area contributed by atoms with Gasteiger partial charge in [-0.05, 0) is 73.4 Å². The fourth-order valence-corrected chi connectivity index (χ4v) is 7.10. The highest BCUT2D eigenvalue weighted by Gasteiger charge is 2.52. The van der Waals surface area contributed by atoms with Crippen molar-refractivity contribution in [1.29, 1.82) is 0 Å². The highest BCUT2D eigenvalue weighted by Crippen LogP contribution is 2.57. The van der Waals surface area contributed by atoms with Gasteiger partial charge < -0.3 is 14.7 Å².